The van der Waals surface area contributed by atoms with Crippen LogP contribution in [0.2, 0.25) is 0 Å². The van der Waals surface area contributed by atoms with Crippen molar-refractivity contribution in [1.82, 2.24) is 14.9 Å². The summed E-state index contributed by atoms with van der Waals surface area (Å²) < 4.78 is 5.32. The lowest BCUT2D eigenvalue weighted by molar-refractivity contribution is -0.167. The summed E-state index contributed by atoms with van der Waals surface area (Å²) in [6.45, 7) is -0.416. The van der Waals surface area contributed by atoms with E-state index in [2.05, 4.69) is 9.97 Å². The van der Waals surface area contributed by atoms with Crippen LogP contribution in [0.5, 0.6) is 0 Å². The number of benzene rings is 2. The van der Waals surface area contributed by atoms with E-state index in [1.807, 2.05) is 0 Å². The molecule has 0 unspecified atom stereocenters. The molecule has 3 aromatic rings. The molecule has 0 radical (unpaired) electrons. The number of aromatic nitrogens is 2. The lowest BCUT2D eigenvalue weighted by atomic mass is 9.91. The minimum atomic E-state index is -2.63. The van der Waals surface area contributed by atoms with Gasteiger partial charge in [0.05, 0.1) is 18.6 Å². The van der Waals surface area contributed by atoms with Crippen LogP contribution in [-0.4, -0.2) is 48.7 Å². The third-order valence-corrected chi connectivity index (χ3v) is 4.77. The Morgan fingerprint density at radius 3 is 2.03 bits per heavy atom. The number of aliphatic carboxylic acids is 2. The number of nitrogens with zero attached hydrogens (tertiary/aromatic N) is 2. The maximum atomic E-state index is 13.1. The maximum absolute atomic E-state index is 13.1. The highest BCUT2D eigenvalue weighted by molar-refractivity contribution is 6.06. The van der Waals surface area contributed by atoms with Crippen molar-refractivity contribution in [2.75, 3.05) is 0 Å². The highest BCUT2D eigenvalue weighted by Crippen LogP contribution is 2.26. The molecule has 3 rings (SSSR count). The Morgan fingerprint density at radius 2 is 1.52 bits per heavy atom. The summed E-state index contributed by atoms with van der Waals surface area (Å²) >= 11 is 0. The molecule has 31 heavy (non-hydrogen) atoms. The highest BCUT2D eigenvalue weighted by Gasteiger charge is 2.55. The molecule has 0 aliphatic carbocycles. The van der Waals surface area contributed by atoms with Gasteiger partial charge < -0.3 is 19.9 Å². The number of hydrogen-bond acceptors (Lipinski definition) is 5. The zero-order valence-corrected chi connectivity index (χ0v) is 16.5. The van der Waals surface area contributed by atoms with Crippen LogP contribution in [0.4, 0.5) is 4.79 Å². The van der Waals surface area contributed by atoms with Crippen molar-refractivity contribution in [1.29, 1.82) is 0 Å². The number of carboxylic acids is 2. The first-order valence-electron chi connectivity index (χ1n) is 9.40. The molecule has 3 N–H and O–H groups in total. The molecule has 0 fully saturated rings. The summed E-state index contributed by atoms with van der Waals surface area (Å²) in [6.07, 6.45) is 1.08. The molecule has 1 amide bonds. The fourth-order valence-corrected chi connectivity index (χ4v) is 3.14. The van der Waals surface area contributed by atoms with Crippen molar-refractivity contribution in [2.45, 2.75) is 25.1 Å². The molecule has 9 heteroatoms. The van der Waals surface area contributed by atoms with E-state index >= 15 is 0 Å². The van der Waals surface area contributed by atoms with Gasteiger partial charge in [-0.25, -0.2) is 19.4 Å². The van der Waals surface area contributed by atoms with Gasteiger partial charge in [0.1, 0.15) is 6.61 Å². The largest absolute Gasteiger partial charge is 0.479 e. The molecule has 0 aliphatic heterocycles. The zero-order valence-electron chi connectivity index (χ0n) is 16.5. The molecule has 1 heterocycles. The van der Waals surface area contributed by atoms with E-state index in [0.29, 0.717) is 11.1 Å². The molecular formula is C22H21N3O6. The number of nitrogens with one attached hydrogen (secondary N) is 1. The van der Waals surface area contributed by atoms with Gasteiger partial charge in [0, 0.05) is 12.6 Å². The zero-order chi connectivity index (χ0) is 22.3. The van der Waals surface area contributed by atoms with E-state index in [9.17, 15) is 24.6 Å². The Hall–Kier alpha value is -4.14. The summed E-state index contributed by atoms with van der Waals surface area (Å²) in [5.74, 6) is -3.40. The van der Waals surface area contributed by atoms with Crippen LogP contribution in [0.25, 0.3) is 0 Å². The predicted octanol–water partition coefficient (Wildman–Crippen LogP) is 2.70. The molecule has 0 spiro atoms. The fourth-order valence-electron chi connectivity index (χ4n) is 3.14. The number of aromatic amines is 1. The molecule has 1 aromatic heterocycles. The monoisotopic (exact) mass is 423 g/mol. The van der Waals surface area contributed by atoms with Crippen molar-refractivity contribution in [3.05, 3.63) is 90.0 Å². The van der Waals surface area contributed by atoms with Crippen LogP contribution in [0.15, 0.2) is 73.2 Å². The van der Waals surface area contributed by atoms with Gasteiger partial charge in [-0.05, 0) is 11.1 Å². The fraction of sp³-hybridized carbons (Fsp3) is 0.182. The Labute approximate surface area is 177 Å². The average molecular weight is 423 g/mol. The van der Waals surface area contributed by atoms with E-state index in [-0.39, 0.29) is 18.8 Å². The van der Waals surface area contributed by atoms with Gasteiger partial charge in [-0.2, -0.15) is 0 Å². The Kier molecular flexibility index (Phi) is 6.66. The van der Waals surface area contributed by atoms with Crippen LogP contribution in [0.3, 0.4) is 0 Å². The summed E-state index contributed by atoms with van der Waals surface area (Å²) in [7, 11) is 0. The third-order valence-electron chi connectivity index (χ3n) is 4.77. The number of carboxylic acid groups (broad SMARTS) is 2. The number of amides is 1. The van der Waals surface area contributed by atoms with E-state index < -0.39 is 30.0 Å². The number of H-pyrrole nitrogens is 1. The molecule has 0 saturated carbocycles. The second kappa shape index (κ2) is 9.57. The molecule has 0 bridgehead atoms. The standard InChI is InChI=1S/C22H21N3O6/c26-19(27)22(20(28)29,11-18-12-23-15-24-18)25(13-16-7-3-1-4-8-16)21(30)31-14-17-9-5-2-6-10-17/h1-10,12,15H,11,13-14H2,(H,23,24)(H,26,27)(H,28,29). The Bertz CT molecular complexity index is 1010. The van der Waals surface area contributed by atoms with Crippen LogP contribution >= 0.6 is 0 Å². The second-order valence-electron chi connectivity index (χ2n) is 6.82. The summed E-state index contributed by atoms with van der Waals surface area (Å²) in [4.78, 5) is 45.1. The molecule has 9 nitrogen and oxygen atoms in total. The van der Waals surface area contributed by atoms with Gasteiger partial charge >= 0.3 is 18.0 Å². The van der Waals surface area contributed by atoms with Crippen molar-refractivity contribution in [3.63, 3.8) is 0 Å². The number of ether oxygens (including phenoxy) is 1. The topological polar surface area (TPSA) is 133 Å². The third kappa shape index (κ3) is 4.89. The first-order chi connectivity index (χ1) is 14.9. The molecule has 0 atom stereocenters. The molecule has 160 valence electrons. The van der Waals surface area contributed by atoms with Crippen molar-refractivity contribution < 1.29 is 29.3 Å². The SMILES string of the molecule is O=C(OCc1ccccc1)N(Cc1ccccc1)C(Cc1c[nH]cn1)(C(=O)O)C(=O)O. The van der Waals surface area contributed by atoms with E-state index in [4.69, 9.17) is 4.74 Å². The van der Waals surface area contributed by atoms with Crippen LogP contribution in [-0.2, 0) is 33.9 Å². The van der Waals surface area contributed by atoms with Gasteiger partial charge in [0.25, 0.3) is 0 Å². The molecule has 2 aromatic carbocycles. The minimum absolute atomic E-state index is 0.136. The van der Waals surface area contributed by atoms with Gasteiger partial charge in [0.15, 0.2) is 0 Å². The molecular weight excluding hydrogens is 402 g/mol. The highest BCUT2D eigenvalue weighted by atomic mass is 16.6. The second-order valence-corrected chi connectivity index (χ2v) is 6.82. The van der Waals surface area contributed by atoms with E-state index in [1.165, 1.54) is 12.5 Å². The predicted molar refractivity (Wildman–Crippen MR) is 109 cm³/mol. The lowest BCUT2D eigenvalue weighted by Gasteiger charge is -2.36. The Morgan fingerprint density at radius 1 is 0.935 bits per heavy atom. The molecule has 0 aliphatic rings. The summed E-state index contributed by atoms with van der Waals surface area (Å²) in [6, 6.07) is 17.3. The van der Waals surface area contributed by atoms with E-state index in [0.717, 1.165) is 4.90 Å². The smallest absolute Gasteiger partial charge is 0.411 e. The number of hydrogen-bond donors (Lipinski definition) is 3. The first kappa shape index (κ1) is 21.6. The minimum Gasteiger partial charge on any atom is -0.479 e. The summed E-state index contributed by atoms with van der Waals surface area (Å²) in [5.41, 5.74) is -1.22. The average Bonchev–Trinajstić information content (AvgIpc) is 3.28. The van der Waals surface area contributed by atoms with Crippen molar-refractivity contribution in [2.24, 2.45) is 0 Å². The Balaban J connectivity index is 1.99. The van der Waals surface area contributed by atoms with E-state index in [1.54, 1.807) is 60.7 Å². The quantitative estimate of drug-likeness (QED) is 0.451. The van der Waals surface area contributed by atoms with Crippen molar-refractivity contribution in [3.8, 4) is 0 Å². The van der Waals surface area contributed by atoms with Gasteiger partial charge in [-0.1, -0.05) is 60.7 Å². The van der Waals surface area contributed by atoms with Gasteiger partial charge in [-0.3, -0.25) is 4.90 Å². The first-order valence-corrected chi connectivity index (χ1v) is 9.40. The van der Waals surface area contributed by atoms with Gasteiger partial charge in [-0.15, -0.1) is 0 Å². The lowest BCUT2D eigenvalue weighted by Crippen LogP contribution is -2.63. The maximum Gasteiger partial charge on any atom is 0.411 e. The normalized spacial score (nSPS) is 11.0. The van der Waals surface area contributed by atoms with Crippen LogP contribution in [0.1, 0.15) is 16.8 Å². The molecule has 0 saturated heterocycles. The number of carbonyl (C=O) groups is 3. The van der Waals surface area contributed by atoms with Crippen LogP contribution < -0.4 is 0 Å². The van der Waals surface area contributed by atoms with Gasteiger partial charge in [0.2, 0.25) is 5.54 Å². The number of rotatable bonds is 9. The number of carbonyl (C=O) groups excluding carboxylic acids is 1. The number of imidazole rings is 1. The van der Waals surface area contributed by atoms with Crippen LogP contribution in [0, 0.1) is 0 Å². The van der Waals surface area contributed by atoms with Crippen molar-refractivity contribution >= 4 is 18.0 Å². The summed E-state index contributed by atoms with van der Waals surface area (Å²) in [5, 5.41) is 20.0.